The maximum atomic E-state index is 13.8. The van der Waals surface area contributed by atoms with Crippen LogP contribution in [0.1, 0.15) is 31.4 Å². The minimum Gasteiger partial charge on any atom is -0.467 e. The number of nitrogens with zero attached hydrogens (tertiary/aromatic N) is 1. The van der Waals surface area contributed by atoms with Crippen molar-refractivity contribution >= 4 is 5.96 Å². The lowest BCUT2D eigenvalue weighted by atomic mass is 10.1. The summed E-state index contributed by atoms with van der Waals surface area (Å²) in [5.74, 6) is 1.24. The minimum absolute atomic E-state index is 0.211. The molecule has 0 unspecified atom stereocenters. The third kappa shape index (κ3) is 6.51. The van der Waals surface area contributed by atoms with Gasteiger partial charge in [-0.25, -0.2) is 4.39 Å². The van der Waals surface area contributed by atoms with E-state index in [9.17, 15) is 4.39 Å². The number of benzene rings is 1. The van der Waals surface area contributed by atoms with Crippen LogP contribution in [0.2, 0.25) is 0 Å². The third-order valence-corrected chi connectivity index (χ3v) is 3.70. The largest absolute Gasteiger partial charge is 0.467 e. The van der Waals surface area contributed by atoms with Gasteiger partial charge in [0.25, 0.3) is 0 Å². The molecule has 1 aromatic rings. The molecule has 2 rings (SSSR count). The van der Waals surface area contributed by atoms with Crippen molar-refractivity contribution in [2.24, 2.45) is 4.99 Å². The van der Waals surface area contributed by atoms with E-state index in [2.05, 4.69) is 15.6 Å². The van der Waals surface area contributed by atoms with E-state index in [4.69, 9.17) is 14.2 Å². The van der Waals surface area contributed by atoms with Crippen molar-refractivity contribution in [1.29, 1.82) is 0 Å². The first-order valence-corrected chi connectivity index (χ1v) is 8.86. The van der Waals surface area contributed by atoms with Gasteiger partial charge >= 0.3 is 0 Å². The molecule has 0 amide bonds. The Morgan fingerprint density at radius 2 is 2.20 bits per heavy atom. The lowest BCUT2D eigenvalue weighted by Crippen LogP contribution is -2.38. The first kappa shape index (κ1) is 19.5. The molecule has 1 heterocycles. The van der Waals surface area contributed by atoms with Crippen LogP contribution in [0.15, 0.2) is 17.1 Å². The summed E-state index contributed by atoms with van der Waals surface area (Å²) in [5.41, 5.74) is 1.61. The van der Waals surface area contributed by atoms with Crippen molar-refractivity contribution in [3.05, 3.63) is 29.1 Å². The van der Waals surface area contributed by atoms with E-state index in [1.807, 2.05) is 13.8 Å². The molecular weight excluding hydrogens is 325 g/mol. The van der Waals surface area contributed by atoms with E-state index < -0.39 is 0 Å². The maximum absolute atomic E-state index is 13.8. The minimum atomic E-state index is -0.264. The third-order valence-electron chi connectivity index (χ3n) is 3.70. The normalized spacial score (nSPS) is 14.0. The SMILES string of the molecule is CCNC(=NCCCOCC)NCCc1cc(F)cc2c1OCOC2. The molecule has 2 N–H and O–H groups in total. The van der Waals surface area contributed by atoms with Gasteiger partial charge in [-0.3, -0.25) is 4.99 Å². The number of guanidine groups is 1. The molecule has 25 heavy (non-hydrogen) atoms. The Labute approximate surface area is 148 Å². The van der Waals surface area contributed by atoms with Gasteiger partial charge in [-0.2, -0.15) is 0 Å². The van der Waals surface area contributed by atoms with E-state index in [1.165, 1.54) is 12.1 Å². The van der Waals surface area contributed by atoms with E-state index in [0.717, 1.165) is 42.4 Å². The molecule has 0 fully saturated rings. The molecule has 0 spiro atoms. The Bertz CT molecular complexity index is 567. The smallest absolute Gasteiger partial charge is 0.191 e. The van der Waals surface area contributed by atoms with Crippen LogP contribution in [0.25, 0.3) is 0 Å². The summed E-state index contributed by atoms with van der Waals surface area (Å²) in [6.07, 6.45) is 1.53. The van der Waals surface area contributed by atoms with Crippen LogP contribution in [-0.4, -0.2) is 45.6 Å². The van der Waals surface area contributed by atoms with Crippen molar-refractivity contribution in [3.63, 3.8) is 0 Å². The summed E-state index contributed by atoms with van der Waals surface area (Å²) >= 11 is 0. The van der Waals surface area contributed by atoms with Crippen molar-refractivity contribution in [1.82, 2.24) is 10.6 Å². The second kappa shape index (κ2) is 10.9. The predicted octanol–water partition coefficient (Wildman–Crippen LogP) is 2.22. The summed E-state index contributed by atoms with van der Waals surface area (Å²) in [7, 11) is 0. The predicted molar refractivity (Wildman–Crippen MR) is 95.5 cm³/mol. The van der Waals surface area contributed by atoms with Gasteiger partial charge in [0.2, 0.25) is 0 Å². The Hall–Kier alpha value is -1.86. The molecule has 140 valence electrons. The maximum Gasteiger partial charge on any atom is 0.191 e. The first-order chi connectivity index (χ1) is 12.2. The lowest BCUT2D eigenvalue weighted by Gasteiger charge is -2.21. The van der Waals surface area contributed by atoms with Gasteiger partial charge in [-0.1, -0.05) is 0 Å². The fraction of sp³-hybridized carbons (Fsp3) is 0.611. The Kier molecular flexibility index (Phi) is 8.48. The number of aliphatic imine (C=N–C) groups is 1. The van der Waals surface area contributed by atoms with Gasteiger partial charge in [0, 0.05) is 38.4 Å². The molecule has 0 saturated heterocycles. The van der Waals surface area contributed by atoms with Crippen LogP contribution in [0.4, 0.5) is 4.39 Å². The van der Waals surface area contributed by atoms with Crippen LogP contribution < -0.4 is 15.4 Å². The fourth-order valence-electron chi connectivity index (χ4n) is 2.60. The molecular formula is C18H28FN3O3. The van der Waals surface area contributed by atoms with Crippen LogP contribution in [-0.2, 0) is 22.5 Å². The second-order valence-electron chi connectivity index (χ2n) is 5.65. The molecule has 0 radical (unpaired) electrons. The zero-order valence-corrected chi connectivity index (χ0v) is 15.1. The van der Waals surface area contributed by atoms with Gasteiger partial charge in [0.1, 0.15) is 11.6 Å². The average Bonchev–Trinajstić information content (AvgIpc) is 2.61. The standard InChI is InChI=1S/C18H28FN3O3/c1-3-20-18(21-7-5-9-23-4-2)22-8-6-14-10-16(19)11-15-12-24-13-25-17(14)15/h10-11H,3-9,12-13H2,1-2H3,(H2,20,21,22). The highest BCUT2D eigenvalue weighted by Gasteiger charge is 2.16. The Morgan fingerprint density at radius 1 is 1.32 bits per heavy atom. The van der Waals surface area contributed by atoms with E-state index >= 15 is 0 Å². The summed E-state index contributed by atoms with van der Waals surface area (Å²) < 4.78 is 29.8. The highest BCUT2D eigenvalue weighted by molar-refractivity contribution is 5.79. The molecule has 1 aliphatic heterocycles. The van der Waals surface area contributed by atoms with E-state index in [-0.39, 0.29) is 12.6 Å². The number of hydrogen-bond acceptors (Lipinski definition) is 4. The van der Waals surface area contributed by atoms with E-state index in [1.54, 1.807) is 0 Å². The molecule has 0 aromatic heterocycles. The van der Waals surface area contributed by atoms with Crippen LogP contribution in [0, 0.1) is 5.82 Å². The highest BCUT2D eigenvalue weighted by Crippen LogP contribution is 2.29. The van der Waals surface area contributed by atoms with Crippen molar-refractivity contribution in [2.45, 2.75) is 33.3 Å². The van der Waals surface area contributed by atoms with Gasteiger partial charge < -0.3 is 24.8 Å². The van der Waals surface area contributed by atoms with Crippen LogP contribution in [0.5, 0.6) is 5.75 Å². The van der Waals surface area contributed by atoms with Crippen molar-refractivity contribution < 1.29 is 18.6 Å². The number of nitrogens with one attached hydrogen (secondary N) is 2. The molecule has 0 bridgehead atoms. The zero-order valence-electron chi connectivity index (χ0n) is 15.1. The highest BCUT2D eigenvalue weighted by atomic mass is 19.1. The first-order valence-electron chi connectivity index (χ1n) is 8.86. The zero-order chi connectivity index (χ0) is 17.9. The Balaban J connectivity index is 1.87. The number of fused-ring (bicyclic) bond motifs is 1. The number of ether oxygens (including phenoxy) is 3. The molecule has 0 atom stereocenters. The van der Waals surface area contributed by atoms with Gasteiger partial charge in [0.15, 0.2) is 12.8 Å². The molecule has 1 aromatic carbocycles. The van der Waals surface area contributed by atoms with Crippen LogP contribution >= 0.6 is 0 Å². The summed E-state index contributed by atoms with van der Waals surface area (Å²) in [4.78, 5) is 4.51. The Morgan fingerprint density at radius 3 is 3.00 bits per heavy atom. The molecule has 6 nitrogen and oxygen atoms in total. The van der Waals surface area contributed by atoms with Gasteiger partial charge in [-0.05, 0) is 44.4 Å². The van der Waals surface area contributed by atoms with Crippen molar-refractivity contribution in [3.8, 4) is 5.75 Å². The van der Waals surface area contributed by atoms with Gasteiger partial charge in [-0.15, -0.1) is 0 Å². The number of hydrogen-bond donors (Lipinski definition) is 2. The van der Waals surface area contributed by atoms with Crippen LogP contribution in [0.3, 0.4) is 0 Å². The fourth-order valence-corrected chi connectivity index (χ4v) is 2.60. The molecule has 7 heteroatoms. The summed E-state index contributed by atoms with van der Waals surface area (Å²) in [6, 6.07) is 2.99. The summed E-state index contributed by atoms with van der Waals surface area (Å²) in [5, 5.41) is 6.48. The van der Waals surface area contributed by atoms with Gasteiger partial charge in [0.05, 0.1) is 6.61 Å². The molecule has 1 aliphatic rings. The number of rotatable bonds is 9. The quantitative estimate of drug-likeness (QED) is 0.405. The number of halogens is 1. The lowest BCUT2D eigenvalue weighted by molar-refractivity contribution is -0.0172. The van der Waals surface area contributed by atoms with E-state index in [0.29, 0.717) is 32.7 Å². The van der Waals surface area contributed by atoms with Crippen molar-refractivity contribution in [2.75, 3.05) is 39.6 Å². The molecule has 0 aliphatic carbocycles. The summed E-state index contributed by atoms with van der Waals surface area (Å²) in [6.45, 7) is 8.17. The topological polar surface area (TPSA) is 64.1 Å². The second-order valence-corrected chi connectivity index (χ2v) is 5.65. The monoisotopic (exact) mass is 353 g/mol. The molecule has 0 saturated carbocycles. The average molecular weight is 353 g/mol.